The van der Waals surface area contributed by atoms with Gasteiger partial charge < -0.3 is 4.74 Å². The number of rotatable bonds is 3. The molecule has 4 heteroatoms. The van der Waals surface area contributed by atoms with Crippen molar-refractivity contribution in [3.63, 3.8) is 0 Å². The Balaban J connectivity index is 2.10. The van der Waals surface area contributed by atoms with Crippen LogP contribution in [0, 0.1) is 5.82 Å². The third-order valence-corrected chi connectivity index (χ3v) is 3.31. The van der Waals surface area contributed by atoms with Gasteiger partial charge in [0.1, 0.15) is 0 Å². The van der Waals surface area contributed by atoms with Crippen molar-refractivity contribution in [3.05, 3.63) is 71.7 Å². The van der Waals surface area contributed by atoms with Gasteiger partial charge >= 0.3 is 0 Å². The molecule has 3 nitrogen and oxygen atoms in total. The van der Waals surface area contributed by atoms with Crippen molar-refractivity contribution < 1.29 is 13.9 Å². The van der Waals surface area contributed by atoms with Crippen LogP contribution in [0.4, 0.5) is 4.39 Å². The van der Waals surface area contributed by atoms with Crippen molar-refractivity contribution in [1.82, 2.24) is 4.98 Å². The molecule has 0 saturated heterocycles. The number of carbonyl (C=O) groups is 1. The summed E-state index contributed by atoms with van der Waals surface area (Å²) in [6.45, 7) is 0. The third kappa shape index (κ3) is 2.36. The van der Waals surface area contributed by atoms with Gasteiger partial charge in [-0.3, -0.25) is 9.78 Å². The molecule has 0 aliphatic heterocycles. The number of methoxy groups -OCH3 is 1. The highest BCUT2D eigenvalue weighted by molar-refractivity contribution is 6.15. The van der Waals surface area contributed by atoms with Crippen LogP contribution in [0.15, 0.2) is 54.7 Å². The minimum absolute atomic E-state index is 0.117. The van der Waals surface area contributed by atoms with E-state index in [0.717, 1.165) is 10.9 Å². The smallest absolute Gasteiger partial charge is 0.193 e. The molecular formula is C17H12FNO2. The Morgan fingerprint density at radius 3 is 2.71 bits per heavy atom. The molecule has 0 radical (unpaired) electrons. The second kappa shape index (κ2) is 5.32. The summed E-state index contributed by atoms with van der Waals surface area (Å²) in [6.07, 6.45) is 1.58. The Labute approximate surface area is 121 Å². The molecule has 0 aliphatic rings. The van der Waals surface area contributed by atoms with E-state index in [4.69, 9.17) is 4.74 Å². The van der Waals surface area contributed by atoms with Crippen LogP contribution in [-0.4, -0.2) is 17.9 Å². The first kappa shape index (κ1) is 13.2. The number of pyridine rings is 1. The van der Waals surface area contributed by atoms with Gasteiger partial charge in [-0.05, 0) is 30.3 Å². The summed E-state index contributed by atoms with van der Waals surface area (Å²) in [7, 11) is 1.39. The summed E-state index contributed by atoms with van der Waals surface area (Å²) in [5.41, 5.74) is 1.52. The topological polar surface area (TPSA) is 39.2 Å². The predicted octanol–water partition coefficient (Wildman–Crippen LogP) is 3.61. The zero-order valence-corrected chi connectivity index (χ0v) is 11.3. The molecule has 0 amide bonds. The van der Waals surface area contributed by atoms with Crippen LogP contribution in [0.25, 0.3) is 10.9 Å². The van der Waals surface area contributed by atoms with Crippen LogP contribution >= 0.6 is 0 Å². The fraction of sp³-hybridized carbons (Fsp3) is 0.0588. The van der Waals surface area contributed by atoms with Crippen molar-refractivity contribution in [2.75, 3.05) is 7.11 Å². The third-order valence-electron chi connectivity index (χ3n) is 3.31. The van der Waals surface area contributed by atoms with E-state index in [2.05, 4.69) is 4.98 Å². The van der Waals surface area contributed by atoms with Crippen molar-refractivity contribution in [2.24, 2.45) is 0 Å². The van der Waals surface area contributed by atoms with E-state index in [1.54, 1.807) is 18.3 Å². The van der Waals surface area contributed by atoms with E-state index < -0.39 is 5.82 Å². The monoisotopic (exact) mass is 281 g/mol. The molecule has 0 N–H and O–H groups in total. The molecule has 0 bridgehead atoms. The van der Waals surface area contributed by atoms with Gasteiger partial charge in [0, 0.05) is 22.7 Å². The number of ketones is 1. The first-order chi connectivity index (χ1) is 10.2. The number of hydrogen-bond acceptors (Lipinski definition) is 3. The molecule has 2 aromatic carbocycles. The number of ether oxygens (including phenoxy) is 1. The highest BCUT2D eigenvalue weighted by Crippen LogP contribution is 2.23. The minimum atomic E-state index is -0.554. The van der Waals surface area contributed by atoms with Crippen LogP contribution < -0.4 is 4.74 Å². The summed E-state index contributed by atoms with van der Waals surface area (Å²) in [5.74, 6) is -0.678. The predicted molar refractivity (Wildman–Crippen MR) is 78.1 cm³/mol. The van der Waals surface area contributed by atoms with Gasteiger partial charge in [-0.2, -0.15) is 0 Å². The van der Waals surface area contributed by atoms with Gasteiger partial charge in [-0.15, -0.1) is 0 Å². The molecule has 0 atom stereocenters. The number of hydrogen-bond donors (Lipinski definition) is 0. The fourth-order valence-electron chi connectivity index (χ4n) is 2.26. The van der Waals surface area contributed by atoms with E-state index in [-0.39, 0.29) is 17.1 Å². The quantitative estimate of drug-likeness (QED) is 0.688. The summed E-state index contributed by atoms with van der Waals surface area (Å²) in [6, 6.07) is 13.2. The van der Waals surface area contributed by atoms with E-state index >= 15 is 0 Å². The Morgan fingerprint density at radius 2 is 1.95 bits per heavy atom. The van der Waals surface area contributed by atoms with Gasteiger partial charge in [0.15, 0.2) is 17.3 Å². The van der Waals surface area contributed by atoms with Crippen molar-refractivity contribution in [3.8, 4) is 5.75 Å². The summed E-state index contributed by atoms with van der Waals surface area (Å²) < 4.78 is 18.6. The first-order valence-electron chi connectivity index (χ1n) is 6.42. The van der Waals surface area contributed by atoms with Crippen LogP contribution in [0.2, 0.25) is 0 Å². The number of benzene rings is 2. The average molecular weight is 281 g/mol. The lowest BCUT2D eigenvalue weighted by Crippen LogP contribution is -2.04. The van der Waals surface area contributed by atoms with E-state index in [0.29, 0.717) is 5.56 Å². The fourth-order valence-corrected chi connectivity index (χ4v) is 2.26. The largest absolute Gasteiger partial charge is 0.494 e. The highest BCUT2D eigenvalue weighted by atomic mass is 19.1. The second-order valence-corrected chi connectivity index (χ2v) is 4.55. The van der Waals surface area contributed by atoms with Gasteiger partial charge in [-0.25, -0.2) is 4.39 Å². The summed E-state index contributed by atoms with van der Waals surface area (Å²) in [4.78, 5) is 16.8. The zero-order valence-electron chi connectivity index (χ0n) is 11.3. The minimum Gasteiger partial charge on any atom is -0.494 e. The number of aromatic nitrogens is 1. The molecule has 0 spiro atoms. The number of para-hydroxylation sites is 1. The van der Waals surface area contributed by atoms with Crippen LogP contribution in [0.1, 0.15) is 15.9 Å². The van der Waals surface area contributed by atoms with Gasteiger partial charge in [0.2, 0.25) is 0 Å². The van der Waals surface area contributed by atoms with Crippen molar-refractivity contribution in [1.29, 1.82) is 0 Å². The van der Waals surface area contributed by atoms with Crippen LogP contribution in [0.3, 0.4) is 0 Å². The Kier molecular flexibility index (Phi) is 3.36. The lowest BCUT2D eigenvalue weighted by atomic mass is 10.00. The zero-order chi connectivity index (χ0) is 14.8. The molecule has 104 valence electrons. The Bertz CT molecular complexity index is 825. The molecule has 0 fully saturated rings. The normalized spacial score (nSPS) is 10.6. The van der Waals surface area contributed by atoms with Crippen LogP contribution in [-0.2, 0) is 0 Å². The number of nitrogens with zero attached hydrogens (tertiary/aromatic N) is 1. The number of halogens is 1. The van der Waals surface area contributed by atoms with Crippen molar-refractivity contribution in [2.45, 2.75) is 0 Å². The lowest BCUT2D eigenvalue weighted by Gasteiger charge is -2.07. The summed E-state index contributed by atoms with van der Waals surface area (Å²) in [5, 5.41) is 0.751. The van der Waals surface area contributed by atoms with Gasteiger partial charge in [0.25, 0.3) is 0 Å². The van der Waals surface area contributed by atoms with Crippen LogP contribution in [0.5, 0.6) is 5.75 Å². The number of fused-ring (bicyclic) bond motifs is 1. The number of carbonyl (C=O) groups excluding carboxylic acids is 1. The molecule has 3 aromatic rings. The summed E-state index contributed by atoms with van der Waals surface area (Å²) >= 11 is 0. The molecule has 0 unspecified atom stereocenters. The van der Waals surface area contributed by atoms with Crippen molar-refractivity contribution >= 4 is 16.7 Å². The highest BCUT2D eigenvalue weighted by Gasteiger charge is 2.15. The second-order valence-electron chi connectivity index (χ2n) is 4.55. The van der Waals surface area contributed by atoms with Gasteiger partial charge in [0.05, 0.1) is 12.6 Å². The maximum atomic E-state index is 13.8. The standard InChI is InChI=1S/C17H12FNO2/c1-21-16-7-6-11(10-14(16)18)17(20)13-8-9-19-15-5-3-2-4-12(13)15/h2-10H,1H3. The Hall–Kier alpha value is -2.75. The maximum absolute atomic E-state index is 13.8. The SMILES string of the molecule is COc1ccc(C(=O)c2ccnc3ccccc23)cc1F. The first-order valence-corrected chi connectivity index (χ1v) is 6.42. The molecule has 0 saturated carbocycles. The molecule has 1 aromatic heterocycles. The van der Waals surface area contributed by atoms with E-state index in [1.165, 1.54) is 19.2 Å². The average Bonchev–Trinajstić information content (AvgIpc) is 2.53. The molecule has 1 heterocycles. The van der Waals surface area contributed by atoms with Gasteiger partial charge in [-0.1, -0.05) is 18.2 Å². The molecule has 21 heavy (non-hydrogen) atoms. The molecule has 3 rings (SSSR count). The molecule has 0 aliphatic carbocycles. The van der Waals surface area contributed by atoms with E-state index in [1.807, 2.05) is 24.3 Å². The molecular weight excluding hydrogens is 269 g/mol. The van der Waals surface area contributed by atoms with E-state index in [9.17, 15) is 9.18 Å². The Morgan fingerprint density at radius 1 is 1.14 bits per heavy atom. The lowest BCUT2D eigenvalue weighted by molar-refractivity contribution is 0.103. The maximum Gasteiger partial charge on any atom is 0.193 e.